The minimum Gasteiger partial charge on any atom is -0.387 e. The standard InChI is InChI=1S/C17H20ClN7O3S/c1-11-4-6-12(7-5-11)29(27,28)24-17(18,16(2,3)26)13-8-21-14(19)15(23-13)25-10-20-9-22-25/h4-10,24,26H,1-3H3,(H2,19,21). The third-order valence-electron chi connectivity index (χ3n) is 4.22. The Balaban J connectivity index is 2.11. The molecule has 0 radical (unpaired) electrons. The highest BCUT2D eigenvalue weighted by molar-refractivity contribution is 7.89. The fourth-order valence-electron chi connectivity index (χ4n) is 2.49. The van der Waals surface area contributed by atoms with E-state index >= 15 is 0 Å². The van der Waals surface area contributed by atoms with Crippen LogP contribution in [0.3, 0.4) is 0 Å². The zero-order valence-corrected chi connectivity index (χ0v) is 17.5. The van der Waals surface area contributed by atoms with Crippen LogP contribution in [0.25, 0.3) is 5.82 Å². The molecule has 2 aromatic heterocycles. The maximum absolute atomic E-state index is 13.0. The summed E-state index contributed by atoms with van der Waals surface area (Å²) in [7, 11) is -4.12. The van der Waals surface area contributed by atoms with Gasteiger partial charge in [0.1, 0.15) is 18.3 Å². The molecule has 0 fully saturated rings. The van der Waals surface area contributed by atoms with E-state index in [9.17, 15) is 13.5 Å². The predicted molar refractivity (Wildman–Crippen MR) is 107 cm³/mol. The van der Waals surface area contributed by atoms with Crippen LogP contribution >= 0.6 is 11.6 Å². The van der Waals surface area contributed by atoms with Gasteiger partial charge >= 0.3 is 0 Å². The van der Waals surface area contributed by atoms with Crippen LogP contribution in [0.5, 0.6) is 0 Å². The van der Waals surface area contributed by atoms with E-state index in [-0.39, 0.29) is 22.2 Å². The van der Waals surface area contributed by atoms with Crippen molar-refractivity contribution in [3.8, 4) is 5.82 Å². The predicted octanol–water partition coefficient (Wildman–Crippen LogP) is 1.09. The molecule has 10 nitrogen and oxygen atoms in total. The van der Waals surface area contributed by atoms with E-state index in [4.69, 9.17) is 17.3 Å². The van der Waals surface area contributed by atoms with E-state index in [1.807, 2.05) is 6.92 Å². The number of sulfonamides is 1. The first-order valence-electron chi connectivity index (χ1n) is 8.44. The number of benzene rings is 1. The first kappa shape index (κ1) is 21.1. The summed E-state index contributed by atoms with van der Waals surface area (Å²) < 4.78 is 29.5. The quantitative estimate of drug-likeness (QED) is 0.383. The Morgan fingerprint density at radius 1 is 1.24 bits per heavy atom. The van der Waals surface area contributed by atoms with E-state index in [0.29, 0.717) is 0 Å². The molecule has 0 aliphatic carbocycles. The second-order valence-corrected chi connectivity index (χ2v) is 9.19. The van der Waals surface area contributed by atoms with Gasteiger partial charge in [-0.2, -0.15) is 14.5 Å². The van der Waals surface area contributed by atoms with Gasteiger partial charge in [-0.1, -0.05) is 29.3 Å². The third kappa shape index (κ3) is 4.08. The van der Waals surface area contributed by atoms with Crippen molar-refractivity contribution in [1.29, 1.82) is 0 Å². The van der Waals surface area contributed by atoms with Crippen molar-refractivity contribution < 1.29 is 13.5 Å². The zero-order chi connectivity index (χ0) is 21.4. The number of anilines is 1. The van der Waals surface area contributed by atoms with E-state index in [0.717, 1.165) is 5.56 Å². The van der Waals surface area contributed by atoms with Gasteiger partial charge in [-0.25, -0.2) is 23.4 Å². The van der Waals surface area contributed by atoms with Gasteiger partial charge in [0.2, 0.25) is 10.0 Å². The number of hydrogen-bond donors (Lipinski definition) is 3. The molecule has 154 valence electrons. The summed E-state index contributed by atoms with van der Waals surface area (Å²) in [5.74, 6) is 0.110. The fourth-order valence-corrected chi connectivity index (χ4v) is 4.23. The van der Waals surface area contributed by atoms with Gasteiger partial charge in [-0.3, -0.25) is 0 Å². The number of halogens is 1. The lowest BCUT2D eigenvalue weighted by molar-refractivity contribution is 0.0241. The number of rotatable bonds is 6. The molecular weight excluding hydrogens is 418 g/mol. The van der Waals surface area contributed by atoms with Crippen LogP contribution in [0.15, 0.2) is 48.0 Å². The van der Waals surface area contributed by atoms with Crippen LogP contribution in [-0.4, -0.2) is 43.9 Å². The van der Waals surface area contributed by atoms with Crippen LogP contribution in [0.2, 0.25) is 0 Å². The van der Waals surface area contributed by atoms with Gasteiger partial charge in [-0.15, -0.1) is 0 Å². The van der Waals surface area contributed by atoms with Crippen molar-refractivity contribution in [2.45, 2.75) is 36.3 Å². The normalized spacial score (nSPS) is 14.5. The average molecular weight is 438 g/mol. The Kier molecular flexibility index (Phi) is 5.34. The summed E-state index contributed by atoms with van der Waals surface area (Å²) in [6.07, 6.45) is 3.82. The molecule has 1 atom stereocenters. The lowest BCUT2D eigenvalue weighted by Crippen LogP contribution is -2.55. The van der Waals surface area contributed by atoms with E-state index < -0.39 is 20.6 Å². The number of nitrogen functional groups attached to an aromatic ring is 1. The Bertz CT molecular complexity index is 1110. The summed E-state index contributed by atoms with van der Waals surface area (Å²) in [5, 5.41) is 14.7. The Morgan fingerprint density at radius 3 is 2.45 bits per heavy atom. The van der Waals surface area contributed by atoms with Crippen molar-refractivity contribution in [3.05, 3.63) is 54.4 Å². The van der Waals surface area contributed by atoms with Crippen molar-refractivity contribution in [1.82, 2.24) is 29.5 Å². The number of alkyl halides is 1. The number of aromatic nitrogens is 5. The highest BCUT2D eigenvalue weighted by Crippen LogP contribution is 2.38. The Labute approximate surface area is 172 Å². The van der Waals surface area contributed by atoms with Crippen molar-refractivity contribution in [2.75, 3.05) is 5.73 Å². The molecule has 1 unspecified atom stereocenters. The fraction of sp³-hybridized carbons (Fsp3) is 0.294. The van der Waals surface area contributed by atoms with Crippen LogP contribution < -0.4 is 10.5 Å². The molecule has 0 saturated heterocycles. The minimum absolute atomic E-state index is 0.0164. The maximum atomic E-state index is 13.0. The van der Waals surface area contributed by atoms with Crippen molar-refractivity contribution in [3.63, 3.8) is 0 Å². The number of nitrogens with zero attached hydrogens (tertiary/aromatic N) is 5. The molecular formula is C17H20ClN7O3S. The van der Waals surface area contributed by atoms with Gasteiger partial charge in [-0.05, 0) is 32.9 Å². The van der Waals surface area contributed by atoms with Gasteiger partial charge in [0, 0.05) is 0 Å². The molecule has 29 heavy (non-hydrogen) atoms. The highest BCUT2D eigenvalue weighted by atomic mass is 35.5. The highest BCUT2D eigenvalue weighted by Gasteiger charge is 2.49. The molecule has 0 saturated carbocycles. The molecule has 0 amide bonds. The number of nitrogens with two attached hydrogens (primary N) is 1. The topological polar surface area (TPSA) is 149 Å². The first-order valence-corrected chi connectivity index (χ1v) is 10.3. The van der Waals surface area contributed by atoms with Gasteiger partial charge in [0.15, 0.2) is 16.6 Å². The molecule has 4 N–H and O–H groups in total. The SMILES string of the molecule is Cc1ccc(S(=O)(=O)NC(Cl)(c2cnc(N)c(-n3cncn3)n2)C(C)(C)O)cc1. The van der Waals surface area contributed by atoms with E-state index in [1.54, 1.807) is 12.1 Å². The lowest BCUT2D eigenvalue weighted by Gasteiger charge is -2.37. The number of aryl methyl sites for hydroxylation is 1. The van der Waals surface area contributed by atoms with Crippen LogP contribution in [0.1, 0.15) is 25.1 Å². The van der Waals surface area contributed by atoms with Crippen LogP contribution in [-0.2, 0) is 15.0 Å². The summed E-state index contributed by atoms with van der Waals surface area (Å²) in [6.45, 7) is 4.54. The third-order valence-corrected chi connectivity index (χ3v) is 6.55. The summed E-state index contributed by atoms with van der Waals surface area (Å²) >= 11 is 6.66. The van der Waals surface area contributed by atoms with Gasteiger partial charge in [0.25, 0.3) is 0 Å². The lowest BCUT2D eigenvalue weighted by atomic mass is 9.96. The molecule has 12 heteroatoms. The number of nitrogens with one attached hydrogen (secondary N) is 1. The minimum atomic E-state index is -4.12. The Morgan fingerprint density at radius 2 is 1.90 bits per heavy atom. The van der Waals surface area contributed by atoms with Crippen LogP contribution in [0.4, 0.5) is 5.82 Å². The summed E-state index contributed by atoms with van der Waals surface area (Å²) in [4.78, 5) is 10.1. The monoisotopic (exact) mass is 437 g/mol. The van der Waals surface area contributed by atoms with Crippen LogP contribution in [0, 0.1) is 6.92 Å². The summed E-state index contributed by atoms with van der Waals surface area (Å²) in [5.41, 5.74) is 4.90. The molecule has 1 aromatic carbocycles. The second kappa shape index (κ2) is 7.34. The molecule has 0 aliphatic rings. The van der Waals surface area contributed by atoms with E-state index in [2.05, 4.69) is 24.8 Å². The van der Waals surface area contributed by atoms with Crippen molar-refractivity contribution in [2.24, 2.45) is 0 Å². The number of hydrogen-bond acceptors (Lipinski definition) is 8. The molecule has 3 aromatic rings. The average Bonchev–Trinajstić information content (AvgIpc) is 3.15. The second-order valence-electron chi connectivity index (χ2n) is 6.94. The smallest absolute Gasteiger partial charge is 0.242 e. The van der Waals surface area contributed by atoms with E-state index in [1.165, 1.54) is 49.5 Å². The van der Waals surface area contributed by atoms with Crippen molar-refractivity contribution >= 4 is 27.4 Å². The Hall–Kier alpha value is -2.60. The molecule has 0 spiro atoms. The first-order chi connectivity index (χ1) is 13.4. The molecule has 0 bridgehead atoms. The largest absolute Gasteiger partial charge is 0.387 e. The maximum Gasteiger partial charge on any atom is 0.242 e. The molecule has 0 aliphatic heterocycles. The van der Waals surface area contributed by atoms with Gasteiger partial charge in [0.05, 0.1) is 16.7 Å². The molecule has 2 heterocycles. The molecule has 3 rings (SSSR count). The zero-order valence-electron chi connectivity index (χ0n) is 15.9. The van der Waals surface area contributed by atoms with Gasteiger partial charge < -0.3 is 10.8 Å². The summed E-state index contributed by atoms with van der Waals surface area (Å²) in [6, 6.07) is 6.19. The number of aliphatic hydroxyl groups is 1.